The van der Waals surface area contributed by atoms with E-state index in [2.05, 4.69) is 17.3 Å². The fourth-order valence-corrected chi connectivity index (χ4v) is 1.57. The van der Waals surface area contributed by atoms with Gasteiger partial charge in [0.25, 0.3) is 0 Å². The Morgan fingerprint density at radius 3 is 2.87 bits per heavy atom. The highest BCUT2D eigenvalue weighted by Crippen LogP contribution is 2.21. The number of methoxy groups -OCH3 is 1. The van der Waals surface area contributed by atoms with Crippen LogP contribution >= 0.6 is 0 Å². The van der Waals surface area contributed by atoms with Gasteiger partial charge in [-0.2, -0.15) is 0 Å². The van der Waals surface area contributed by atoms with Gasteiger partial charge in [0.1, 0.15) is 0 Å². The van der Waals surface area contributed by atoms with Gasteiger partial charge in [0.05, 0.1) is 11.7 Å². The predicted octanol–water partition coefficient (Wildman–Crippen LogP) is 1.26. The zero-order valence-corrected chi connectivity index (χ0v) is 9.31. The lowest BCUT2D eigenvalue weighted by Crippen LogP contribution is -2.33. The molecule has 0 radical (unpaired) electrons. The van der Waals surface area contributed by atoms with Crippen molar-refractivity contribution in [3.8, 4) is 0 Å². The first-order valence-electron chi connectivity index (χ1n) is 5.15. The van der Waals surface area contributed by atoms with Gasteiger partial charge in [-0.05, 0) is 24.5 Å². The lowest BCUT2D eigenvalue weighted by molar-refractivity contribution is 0.170. The highest BCUT2D eigenvalue weighted by atomic mass is 16.5. The van der Waals surface area contributed by atoms with Crippen molar-refractivity contribution >= 4 is 0 Å². The molecule has 3 N–H and O–H groups in total. The van der Waals surface area contributed by atoms with E-state index < -0.39 is 0 Å². The Morgan fingerprint density at radius 1 is 1.53 bits per heavy atom. The monoisotopic (exact) mass is 209 g/mol. The third-order valence-electron chi connectivity index (χ3n) is 2.53. The molecular formula is C11H19N3O. The summed E-state index contributed by atoms with van der Waals surface area (Å²) >= 11 is 0. The van der Waals surface area contributed by atoms with Crippen LogP contribution < -0.4 is 11.3 Å². The fraction of sp³-hybridized carbons (Fsp3) is 0.545. The number of nitrogens with one attached hydrogen (secondary N) is 1. The molecule has 1 aromatic heterocycles. The van der Waals surface area contributed by atoms with Crippen LogP contribution in [0.25, 0.3) is 0 Å². The van der Waals surface area contributed by atoms with Gasteiger partial charge in [-0.25, -0.2) is 0 Å². The lowest BCUT2D eigenvalue weighted by Gasteiger charge is -2.22. The molecule has 0 aromatic carbocycles. The molecule has 84 valence electrons. The maximum absolute atomic E-state index is 5.55. The molecule has 0 amide bonds. The Hall–Kier alpha value is -0.970. The van der Waals surface area contributed by atoms with Gasteiger partial charge >= 0.3 is 0 Å². The summed E-state index contributed by atoms with van der Waals surface area (Å²) in [7, 11) is 1.71. The van der Waals surface area contributed by atoms with E-state index in [0.29, 0.717) is 5.92 Å². The zero-order valence-electron chi connectivity index (χ0n) is 9.31. The molecule has 4 nitrogen and oxygen atoms in total. The van der Waals surface area contributed by atoms with Gasteiger partial charge in [0.15, 0.2) is 0 Å². The molecule has 2 unspecified atom stereocenters. The summed E-state index contributed by atoms with van der Waals surface area (Å²) in [5.74, 6) is 5.94. The second kappa shape index (κ2) is 6.50. The molecule has 0 spiro atoms. The second-order valence-electron chi connectivity index (χ2n) is 3.66. The van der Waals surface area contributed by atoms with E-state index >= 15 is 0 Å². The van der Waals surface area contributed by atoms with E-state index in [1.807, 2.05) is 18.2 Å². The molecular weight excluding hydrogens is 190 g/mol. The highest BCUT2D eigenvalue weighted by molar-refractivity contribution is 5.09. The minimum atomic E-state index is 0.0846. The first-order valence-corrected chi connectivity index (χ1v) is 5.15. The molecule has 15 heavy (non-hydrogen) atoms. The summed E-state index contributed by atoms with van der Waals surface area (Å²) in [6, 6.07) is 5.93. The molecule has 1 aromatic rings. The van der Waals surface area contributed by atoms with Crippen LogP contribution in [-0.2, 0) is 4.74 Å². The smallest absolute Gasteiger partial charge is 0.0658 e. The molecule has 0 aliphatic carbocycles. The predicted molar refractivity (Wildman–Crippen MR) is 60.0 cm³/mol. The number of hydrogen-bond donors (Lipinski definition) is 2. The molecule has 0 aliphatic rings. The molecule has 0 aliphatic heterocycles. The summed E-state index contributed by atoms with van der Waals surface area (Å²) in [5.41, 5.74) is 3.78. The average Bonchev–Trinajstić information content (AvgIpc) is 2.29. The number of rotatable bonds is 6. The molecule has 2 atom stereocenters. The number of pyridine rings is 1. The van der Waals surface area contributed by atoms with Crippen molar-refractivity contribution in [2.75, 3.05) is 13.7 Å². The quantitative estimate of drug-likeness (QED) is 0.547. The average molecular weight is 209 g/mol. The van der Waals surface area contributed by atoms with E-state index in [0.717, 1.165) is 18.7 Å². The van der Waals surface area contributed by atoms with Crippen LogP contribution in [0.2, 0.25) is 0 Å². The Morgan fingerprint density at radius 2 is 2.33 bits per heavy atom. The van der Waals surface area contributed by atoms with Crippen molar-refractivity contribution in [1.29, 1.82) is 0 Å². The summed E-state index contributed by atoms with van der Waals surface area (Å²) in [4.78, 5) is 4.30. The van der Waals surface area contributed by atoms with E-state index in [-0.39, 0.29) is 6.04 Å². The SMILES string of the molecule is COCCC(C)C(NN)c1ccccn1. The number of hydrazine groups is 1. The van der Waals surface area contributed by atoms with Gasteiger partial charge < -0.3 is 4.74 Å². The summed E-state index contributed by atoms with van der Waals surface area (Å²) in [6.07, 6.45) is 2.74. The highest BCUT2D eigenvalue weighted by Gasteiger charge is 2.18. The summed E-state index contributed by atoms with van der Waals surface area (Å²) < 4.78 is 5.05. The van der Waals surface area contributed by atoms with Crippen molar-refractivity contribution in [1.82, 2.24) is 10.4 Å². The topological polar surface area (TPSA) is 60.2 Å². The molecule has 4 heteroatoms. The number of aromatic nitrogens is 1. The number of nitrogens with zero attached hydrogens (tertiary/aromatic N) is 1. The molecule has 1 heterocycles. The number of nitrogens with two attached hydrogens (primary N) is 1. The van der Waals surface area contributed by atoms with Crippen molar-refractivity contribution in [3.05, 3.63) is 30.1 Å². The van der Waals surface area contributed by atoms with Gasteiger partial charge in [-0.3, -0.25) is 16.3 Å². The van der Waals surface area contributed by atoms with Crippen molar-refractivity contribution in [2.45, 2.75) is 19.4 Å². The second-order valence-corrected chi connectivity index (χ2v) is 3.66. The first-order chi connectivity index (χ1) is 7.29. The van der Waals surface area contributed by atoms with Crippen LogP contribution in [0, 0.1) is 5.92 Å². The van der Waals surface area contributed by atoms with Gasteiger partial charge in [-0.1, -0.05) is 13.0 Å². The van der Waals surface area contributed by atoms with Crippen LogP contribution in [0.1, 0.15) is 25.1 Å². The Labute approximate surface area is 90.8 Å². The van der Waals surface area contributed by atoms with E-state index in [1.165, 1.54) is 0 Å². The van der Waals surface area contributed by atoms with Crippen LogP contribution in [0.15, 0.2) is 24.4 Å². The van der Waals surface area contributed by atoms with Crippen LogP contribution in [0.4, 0.5) is 0 Å². The maximum Gasteiger partial charge on any atom is 0.0658 e. The minimum absolute atomic E-state index is 0.0846. The number of ether oxygens (including phenoxy) is 1. The molecule has 0 saturated heterocycles. The third kappa shape index (κ3) is 3.58. The molecule has 0 saturated carbocycles. The van der Waals surface area contributed by atoms with Gasteiger partial charge in [-0.15, -0.1) is 0 Å². The van der Waals surface area contributed by atoms with Crippen LogP contribution in [0.5, 0.6) is 0 Å². The normalized spacial score (nSPS) is 14.9. The lowest BCUT2D eigenvalue weighted by atomic mass is 9.96. The zero-order chi connectivity index (χ0) is 11.1. The maximum atomic E-state index is 5.55. The third-order valence-corrected chi connectivity index (χ3v) is 2.53. The van der Waals surface area contributed by atoms with Crippen LogP contribution in [0.3, 0.4) is 0 Å². The molecule has 0 bridgehead atoms. The summed E-state index contributed by atoms with van der Waals surface area (Å²) in [5, 5.41) is 0. The van der Waals surface area contributed by atoms with Gasteiger partial charge in [0, 0.05) is 19.9 Å². The Kier molecular flexibility index (Phi) is 5.25. The Balaban J connectivity index is 2.63. The fourth-order valence-electron chi connectivity index (χ4n) is 1.57. The largest absolute Gasteiger partial charge is 0.385 e. The van der Waals surface area contributed by atoms with E-state index in [1.54, 1.807) is 13.3 Å². The van der Waals surface area contributed by atoms with Crippen molar-refractivity contribution in [2.24, 2.45) is 11.8 Å². The van der Waals surface area contributed by atoms with E-state index in [4.69, 9.17) is 10.6 Å². The number of hydrogen-bond acceptors (Lipinski definition) is 4. The Bertz CT molecular complexity index is 266. The van der Waals surface area contributed by atoms with Gasteiger partial charge in [0.2, 0.25) is 0 Å². The van der Waals surface area contributed by atoms with Crippen molar-refractivity contribution < 1.29 is 4.74 Å². The first kappa shape index (κ1) is 12.1. The summed E-state index contributed by atoms with van der Waals surface area (Å²) in [6.45, 7) is 2.88. The van der Waals surface area contributed by atoms with E-state index in [9.17, 15) is 0 Å². The minimum Gasteiger partial charge on any atom is -0.385 e. The molecule has 0 fully saturated rings. The van der Waals surface area contributed by atoms with Crippen molar-refractivity contribution in [3.63, 3.8) is 0 Å². The van der Waals surface area contributed by atoms with Crippen LogP contribution in [-0.4, -0.2) is 18.7 Å². The standard InChI is InChI=1S/C11H19N3O/c1-9(6-8-15-2)11(14-12)10-5-3-4-7-13-10/h3-5,7,9,11,14H,6,8,12H2,1-2H3. The molecule has 1 rings (SSSR count).